The van der Waals surface area contributed by atoms with Crippen molar-refractivity contribution >= 4 is 27.5 Å². The van der Waals surface area contributed by atoms with Crippen LogP contribution in [0.2, 0.25) is 5.02 Å². The number of nitrogens with one attached hydrogen (secondary N) is 1. The Morgan fingerprint density at radius 2 is 2.28 bits per heavy atom. The van der Waals surface area contributed by atoms with Crippen LogP contribution in [0.25, 0.3) is 5.69 Å². The first kappa shape index (κ1) is 12.1. The van der Waals surface area contributed by atoms with E-state index in [0.29, 0.717) is 17.6 Å². The van der Waals surface area contributed by atoms with Gasteiger partial charge in [0.25, 0.3) is 0 Å². The van der Waals surface area contributed by atoms with Crippen molar-refractivity contribution in [1.82, 2.24) is 25.5 Å². The number of hydrogen-bond donors (Lipinski definition) is 1. The van der Waals surface area contributed by atoms with Crippen LogP contribution in [0.5, 0.6) is 0 Å². The average Bonchev–Trinajstić information content (AvgIpc) is 3.08. The third-order valence-corrected chi connectivity index (χ3v) is 4.20. The van der Waals surface area contributed by atoms with Gasteiger partial charge >= 0.3 is 0 Å². The molecule has 18 heavy (non-hydrogen) atoms. The topological polar surface area (TPSA) is 55.6 Å². The van der Waals surface area contributed by atoms with Crippen molar-refractivity contribution < 1.29 is 0 Å². The van der Waals surface area contributed by atoms with Crippen LogP contribution in [-0.2, 0) is 6.54 Å². The number of nitrogens with zero attached hydrogens (tertiary/aromatic N) is 4. The van der Waals surface area contributed by atoms with Gasteiger partial charge < -0.3 is 5.32 Å². The smallest absolute Gasteiger partial charge is 0.170 e. The molecule has 1 aromatic carbocycles. The SMILES string of the molecule is Clc1cccc(-n2nnnc2CNC2CC2)c1Br. The molecule has 1 aliphatic carbocycles. The maximum Gasteiger partial charge on any atom is 0.170 e. The highest BCUT2D eigenvalue weighted by Gasteiger charge is 2.21. The molecule has 0 radical (unpaired) electrons. The number of tetrazole rings is 1. The van der Waals surface area contributed by atoms with Crippen LogP contribution in [0.1, 0.15) is 18.7 Å². The molecule has 1 N–H and O–H groups in total. The highest BCUT2D eigenvalue weighted by Crippen LogP contribution is 2.28. The first-order chi connectivity index (χ1) is 8.75. The van der Waals surface area contributed by atoms with Gasteiger partial charge in [0.1, 0.15) is 0 Å². The molecule has 1 saturated carbocycles. The van der Waals surface area contributed by atoms with Gasteiger partial charge in [-0.3, -0.25) is 0 Å². The van der Waals surface area contributed by atoms with Crippen LogP contribution in [-0.4, -0.2) is 26.2 Å². The Kier molecular flexibility index (Phi) is 3.32. The molecule has 0 spiro atoms. The second-order valence-electron chi connectivity index (χ2n) is 4.24. The summed E-state index contributed by atoms with van der Waals surface area (Å²) in [6.07, 6.45) is 2.48. The lowest BCUT2D eigenvalue weighted by Gasteiger charge is -2.08. The molecule has 1 aliphatic rings. The second-order valence-corrected chi connectivity index (χ2v) is 5.44. The van der Waals surface area contributed by atoms with Crippen LogP contribution in [0.4, 0.5) is 0 Å². The fraction of sp³-hybridized carbons (Fsp3) is 0.364. The van der Waals surface area contributed by atoms with Gasteiger partial charge in [-0.1, -0.05) is 17.7 Å². The van der Waals surface area contributed by atoms with Crippen molar-refractivity contribution in [2.24, 2.45) is 0 Å². The zero-order valence-electron chi connectivity index (χ0n) is 9.48. The zero-order valence-corrected chi connectivity index (χ0v) is 11.8. The van der Waals surface area contributed by atoms with Crippen molar-refractivity contribution in [3.63, 3.8) is 0 Å². The molecule has 3 rings (SSSR count). The van der Waals surface area contributed by atoms with Gasteiger partial charge in [0.2, 0.25) is 0 Å². The van der Waals surface area contributed by atoms with Crippen LogP contribution >= 0.6 is 27.5 Å². The van der Waals surface area contributed by atoms with Crippen LogP contribution in [0.15, 0.2) is 22.7 Å². The molecule has 0 bridgehead atoms. The highest BCUT2D eigenvalue weighted by atomic mass is 79.9. The summed E-state index contributed by atoms with van der Waals surface area (Å²) in [5, 5.41) is 15.8. The minimum atomic E-state index is 0.623. The lowest BCUT2D eigenvalue weighted by atomic mass is 10.3. The van der Waals surface area contributed by atoms with E-state index in [9.17, 15) is 0 Å². The molecule has 0 unspecified atom stereocenters. The second kappa shape index (κ2) is 4.95. The van der Waals surface area contributed by atoms with E-state index >= 15 is 0 Å². The third kappa shape index (κ3) is 2.41. The van der Waals surface area contributed by atoms with Gasteiger partial charge in [-0.05, 0) is 51.3 Å². The van der Waals surface area contributed by atoms with Gasteiger partial charge in [0, 0.05) is 6.04 Å². The lowest BCUT2D eigenvalue weighted by molar-refractivity contribution is 0.637. The van der Waals surface area contributed by atoms with Gasteiger partial charge in [-0.2, -0.15) is 4.68 Å². The summed E-state index contributed by atoms with van der Waals surface area (Å²) >= 11 is 9.54. The zero-order chi connectivity index (χ0) is 12.5. The number of aromatic nitrogens is 4. The first-order valence-corrected chi connectivity index (χ1v) is 6.88. The van der Waals surface area contributed by atoms with E-state index in [1.54, 1.807) is 4.68 Å². The maximum atomic E-state index is 6.08. The van der Waals surface area contributed by atoms with E-state index in [-0.39, 0.29) is 0 Å². The van der Waals surface area contributed by atoms with Gasteiger partial charge in [0.15, 0.2) is 5.82 Å². The molecular formula is C11H11BrClN5. The molecule has 2 aromatic rings. The van der Waals surface area contributed by atoms with Gasteiger partial charge in [-0.15, -0.1) is 5.10 Å². The van der Waals surface area contributed by atoms with E-state index in [1.165, 1.54) is 12.8 Å². The summed E-state index contributed by atoms with van der Waals surface area (Å²) in [6.45, 7) is 0.663. The Morgan fingerprint density at radius 3 is 3.06 bits per heavy atom. The Hall–Kier alpha value is -0.980. The molecule has 1 fully saturated rings. The number of rotatable bonds is 4. The van der Waals surface area contributed by atoms with E-state index in [1.807, 2.05) is 18.2 Å². The number of hydrogen-bond acceptors (Lipinski definition) is 4. The molecule has 1 aromatic heterocycles. The number of benzene rings is 1. The van der Waals surface area contributed by atoms with Crippen molar-refractivity contribution in [3.05, 3.63) is 33.5 Å². The molecule has 0 aliphatic heterocycles. The van der Waals surface area contributed by atoms with Gasteiger partial charge in [0.05, 0.1) is 21.7 Å². The average molecular weight is 329 g/mol. The summed E-state index contributed by atoms with van der Waals surface area (Å²) in [5.41, 5.74) is 0.847. The largest absolute Gasteiger partial charge is 0.307 e. The summed E-state index contributed by atoms with van der Waals surface area (Å²) in [5.74, 6) is 0.782. The molecule has 94 valence electrons. The minimum Gasteiger partial charge on any atom is -0.307 e. The molecule has 0 atom stereocenters. The molecular weight excluding hydrogens is 318 g/mol. The van der Waals surface area contributed by atoms with Crippen molar-refractivity contribution in [1.29, 1.82) is 0 Å². The quantitative estimate of drug-likeness (QED) is 0.936. The Bertz CT molecular complexity index is 566. The predicted octanol–water partition coefficient (Wildman–Crippen LogP) is 2.33. The molecule has 7 heteroatoms. The predicted molar refractivity (Wildman–Crippen MR) is 71.7 cm³/mol. The first-order valence-electron chi connectivity index (χ1n) is 5.71. The maximum absolute atomic E-state index is 6.08. The Morgan fingerprint density at radius 1 is 1.44 bits per heavy atom. The van der Waals surface area contributed by atoms with Crippen LogP contribution in [0.3, 0.4) is 0 Å². The summed E-state index contributed by atoms with van der Waals surface area (Å²) in [7, 11) is 0. The lowest BCUT2D eigenvalue weighted by Crippen LogP contribution is -2.19. The summed E-state index contributed by atoms with van der Waals surface area (Å²) in [6, 6.07) is 6.24. The molecule has 0 amide bonds. The van der Waals surface area contributed by atoms with Crippen LogP contribution < -0.4 is 5.32 Å². The fourth-order valence-corrected chi connectivity index (χ4v) is 2.28. The Labute approximate surface area is 118 Å². The minimum absolute atomic E-state index is 0.623. The normalized spacial score (nSPS) is 15.0. The standard InChI is InChI=1S/C11H11BrClN5/c12-11-8(13)2-1-3-9(11)18-10(15-16-17-18)6-14-7-4-5-7/h1-3,7,14H,4-6H2. The molecule has 1 heterocycles. The number of halogens is 2. The summed E-state index contributed by atoms with van der Waals surface area (Å²) in [4.78, 5) is 0. The van der Waals surface area contributed by atoms with E-state index in [2.05, 4.69) is 36.8 Å². The Balaban J connectivity index is 1.90. The highest BCUT2D eigenvalue weighted by molar-refractivity contribution is 9.10. The summed E-state index contributed by atoms with van der Waals surface area (Å²) < 4.78 is 2.50. The van der Waals surface area contributed by atoms with E-state index in [4.69, 9.17) is 11.6 Å². The van der Waals surface area contributed by atoms with Crippen molar-refractivity contribution in [3.8, 4) is 5.69 Å². The van der Waals surface area contributed by atoms with Crippen molar-refractivity contribution in [2.75, 3.05) is 0 Å². The monoisotopic (exact) mass is 327 g/mol. The van der Waals surface area contributed by atoms with Crippen molar-refractivity contribution in [2.45, 2.75) is 25.4 Å². The van der Waals surface area contributed by atoms with Crippen LogP contribution in [0, 0.1) is 0 Å². The molecule has 5 nitrogen and oxygen atoms in total. The van der Waals surface area contributed by atoms with E-state index in [0.717, 1.165) is 16.0 Å². The van der Waals surface area contributed by atoms with Gasteiger partial charge in [-0.25, -0.2) is 0 Å². The third-order valence-electron chi connectivity index (χ3n) is 2.82. The fourth-order valence-electron chi connectivity index (χ4n) is 1.68. The van der Waals surface area contributed by atoms with E-state index < -0.39 is 0 Å². The molecule has 0 saturated heterocycles.